The number of carbonyl (C=O) groups excluding carboxylic acids is 4. The zero-order valence-corrected chi connectivity index (χ0v) is 15.8. The van der Waals surface area contributed by atoms with Gasteiger partial charge in [-0.2, -0.15) is 0 Å². The number of carbonyl (C=O) groups is 5. The topological polar surface area (TPSA) is 205 Å². The van der Waals surface area contributed by atoms with Gasteiger partial charge in [0.2, 0.25) is 23.6 Å². The molecule has 4 amide bonds. The van der Waals surface area contributed by atoms with Gasteiger partial charge in [-0.05, 0) is 26.7 Å². The quantitative estimate of drug-likeness (QED) is 0.229. The minimum atomic E-state index is -1.52. The zero-order chi connectivity index (χ0) is 21.6. The predicted octanol–water partition coefficient (Wildman–Crippen LogP) is -3.36. The van der Waals surface area contributed by atoms with Gasteiger partial charge in [-0.25, -0.2) is 4.79 Å². The second kappa shape index (κ2) is 9.99. The van der Waals surface area contributed by atoms with Gasteiger partial charge in [0, 0.05) is 6.54 Å². The molecule has 0 aromatic heterocycles. The van der Waals surface area contributed by atoms with Gasteiger partial charge in [-0.15, -0.1) is 0 Å². The van der Waals surface area contributed by atoms with Crippen molar-refractivity contribution in [2.45, 2.75) is 63.4 Å². The van der Waals surface area contributed by atoms with Gasteiger partial charge in [-0.1, -0.05) is 0 Å². The molecule has 1 rings (SSSR count). The van der Waals surface area contributed by atoms with Crippen molar-refractivity contribution in [1.82, 2.24) is 15.5 Å². The highest BCUT2D eigenvalue weighted by atomic mass is 16.4. The fourth-order valence-electron chi connectivity index (χ4n) is 2.86. The number of aliphatic carboxylic acids is 1. The van der Waals surface area contributed by atoms with Crippen molar-refractivity contribution in [3.8, 4) is 0 Å². The summed E-state index contributed by atoms with van der Waals surface area (Å²) < 4.78 is 0. The minimum absolute atomic E-state index is 0.271. The van der Waals surface area contributed by atoms with Crippen LogP contribution in [0.2, 0.25) is 0 Å². The van der Waals surface area contributed by atoms with E-state index in [4.69, 9.17) is 16.6 Å². The van der Waals surface area contributed by atoms with Crippen LogP contribution < -0.4 is 22.1 Å². The van der Waals surface area contributed by atoms with E-state index in [1.165, 1.54) is 18.7 Å². The fraction of sp³-hybridized carbons (Fsp3) is 0.688. The smallest absolute Gasteiger partial charge is 0.328 e. The first-order chi connectivity index (χ1) is 13.0. The van der Waals surface area contributed by atoms with Gasteiger partial charge in [0.05, 0.1) is 18.6 Å². The number of aliphatic hydroxyl groups is 1. The molecule has 8 N–H and O–H groups in total. The molecular weight excluding hydrogens is 374 g/mol. The third-order valence-corrected chi connectivity index (χ3v) is 4.38. The molecule has 0 bridgehead atoms. The van der Waals surface area contributed by atoms with E-state index in [9.17, 15) is 29.1 Å². The number of amides is 4. The van der Waals surface area contributed by atoms with E-state index in [-0.39, 0.29) is 13.0 Å². The van der Waals surface area contributed by atoms with Crippen LogP contribution in [0.1, 0.15) is 33.1 Å². The number of rotatable bonds is 9. The van der Waals surface area contributed by atoms with Crippen LogP contribution in [0.3, 0.4) is 0 Å². The Kier molecular flexibility index (Phi) is 8.32. The Labute approximate surface area is 161 Å². The van der Waals surface area contributed by atoms with Crippen LogP contribution in [-0.2, 0) is 24.0 Å². The molecule has 0 radical (unpaired) electrons. The highest BCUT2D eigenvalue weighted by Crippen LogP contribution is 2.19. The lowest BCUT2D eigenvalue weighted by atomic mass is 10.1. The Morgan fingerprint density at radius 2 is 1.79 bits per heavy atom. The number of carboxylic acids is 1. The van der Waals surface area contributed by atoms with E-state index in [0.29, 0.717) is 12.8 Å². The molecule has 1 heterocycles. The maximum absolute atomic E-state index is 12.5. The summed E-state index contributed by atoms with van der Waals surface area (Å²) in [6.07, 6.45) is -0.797. The number of nitrogens with two attached hydrogens (primary N) is 2. The molecule has 28 heavy (non-hydrogen) atoms. The molecule has 12 heteroatoms. The normalized spacial score (nSPS) is 20.6. The number of nitrogens with zero attached hydrogens (tertiary/aromatic N) is 1. The second-order valence-electron chi connectivity index (χ2n) is 6.76. The van der Waals surface area contributed by atoms with E-state index in [2.05, 4.69) is 10.6 Å². The largest absolute Gasteiger partial charge is 0.480 e. The van der Waals surface area contributed by atoms with Crippen molar-refractivity contribution in [2.24, 2.45) is 11.5 Å². The first-order valence-corrected chi connectivity index (χ1v) is 8.81. The van der Waals surface area contributed by atoms with Gasteiger partial charge < -0.3 is 37.2 Å². The van der Waals surface area contributed by atoms with E-state index in [0.717, 1.165) is 0 Å². The van der Waals surface area contributed by atoms with Crippen molar-refractivity contribution in [2.75, 3.05) is 6.54 Å². The van der Waals surface area contributed by atoms with E-state index in [1.807, 2.05) is 0 Å². The summed E-state index contributed by atoms with van der Waals surface area (Å²) in [6, 6.07) is -4.66. The molecule has 5 unspecified atom stereocenters. The Hall–Kier alpha value is -2.73. The van der Waals surface area contributed by atoms with Gasteiger partial charge in [0.25, 0.3) is 0 Å². The molecular formula is C16H27N5O7. The standard InChI is InChI=1S/C16H27N5O7/c1-7(13(24)20-12(8(2)22)16(27)28)19-14(25)10-4-3-5-21(10)15(26)9(17)6-11(18)23/h7-10,12,22H,3-6,17H2,1-2H3,(H2,18,23)(H,19,25)(H,20,24)(H,27,28). The van der Waals surface area contributed by atoms with Crippen LogP contribution in [0.15, 0.2) is 0 Å². The second-order valence-corrected chi connectivity index (χ2v) is 6.76. The van der Waals surface area contributed by atoms with Crippen molar-refractivity contribution in [3.05, 3.63) is 0 Å². The number of hydrogen-bond donors (Lipinski definition) is 6. The summed E-state index contributed by atoms with van der Waals surface area (Å²) in [5.41, 5.74) is 10.7. The first-order valence-electron chi connectivity index (χ1n) is 8.81. The van der Waals surface area contributed by atoms with Crippen LogP contribution in [0, 0.1) is 0 Å². The molecule has 1 fully saturated rings. The van der Waals surface area contributed by atoms with Crippen molar-refractivity contribution < 1.29 is 34.2 Å². The number of likely N-dealkylation sites (tertiary alicyclic amines) is 1. The first kappa shape index (κ1) is 23.3. The summed E-state index contributed by atoms with van der Waals surface area (Å²) in [7, 11) is 0. The third kappa shape index (κ3) is 6.16. The molecule has 0 aromatic carbocycles. The number of carboxylic acid groups (broad SMARTS) is 1. The van der Waals surface area contributed by atoms with Crippen molar-refractivity contribution in [1.29, 1.82) is 0 Å². The lowest BCUT2D eigenvalue weighted by Crippen LogP contribution is -2.57. The molecule has 1 aliphatic heterocycles. The van der Waals surface area contributed by atoms with Crippen molar-refractivity contribution >= 4 is 29.6 Å². The molecule has 0 saturated carbocycles. The molecule has 1 aliphatic rings. The Morgan fingerprint density at radius 3 is 2.29 bits per heavy atom. The number of primary amides is 1. The molecule has 0 spiro atoms. The van der Waals surface area contributed by atoms with Crippen LogP contribution in [0.4, 0.5) is 0 Å². The molecule has 158 valence electrons. The van der Waals surface area contributed by atoms with E-state index in [1.54, 1.807) is 0 Å². The van der Waals surface area contributed by atoms with Crippen LogP contribution in [0.25, 0.3) is 0 Å². The van der Waals surface area contributed by atoms with Gasteiger partial charge in [0.1, 0.15) is 12.1 Å². The summed E-state index contributed by atoms with van der Waals surface area (Å²) in [5, 5.41) is 22.9. The zero-order valence-electron chi connectivity index (χ0n) is 15.8. The SMILES string of the molecule is CC(NC(=O)C1CCCN1C(=O)C(N)CC(N)=O)C(=O)NC(C(=O)O)C(C)O. The van der Waals surface area contributed by atoms with Crippen LogP contribution in [-0.4, -0.2) is 81.5 Å². The van der Waals surface area contributed by atoms with E-state index >= 15 is 0 Å². The number of nitrogens with one attached hydrogen (secondary N) is 2. The lowest BCUT2D eigenvalue weighted by molar-refractivity contribution is -0.145. The summed E-state index contributed by atoms with van der Waals surface area (Å²) in [5.74, 6) is -4.16. The summed E-state index contributed by atoms with van der Waals surface area (Å²) in [4.78, 5) is 60.2. The van der Waals surface area contributed by atoms with Crippen LogP contribution >= 0.6 is 0 Å². The maximum Gasteiger partial charge on any atom is 0.328 e. The molecule has 0 aliphatic carbocycles. The average molecular weight is 401 g/mol. The molecule has 1 saturated heterocycles. The van der Waals surface area contributed by atoms with Crippen LogP contribution in [0.5, 0.6) is 0 Å². The highest BCUT2D eigenvalue weighted by molar-refractivity contribution is 5.95. The third-order valence-electron chi connectivity index (χ3n) is 4.38. The highest BCUT2D eigenvalue weighted by Gasteiger charge is 2.37. The number of aliphatic hydroxyl groups excluding tert-OH is 1. The monoisotopic (exact) mass is 401 g/mol. The summed E-state index contributed by atoms with van der Waals surface area (Å²) in [6.45, 7) is 2.82. The van der Waals surface area contributed by atoms with Gasteiger partial charge >= 0.3 is 5.97 Å². The van der Waals surface area contributed by atoms with Gasteiger partial charge in [-0.3, -0.25) is 19.2 Å². The number of hydrogen-bond acceptors (Lipinski definition) is 7. The maximum atomic E-state index is 12.5. The Morgan fingerprint density at radius 1 is 1.18 bits per heavy atom. The molecule has 0 aromatic rings. The molecule has 12 nitrogen and oxygen atoms in total. The molecule has 5 atom stereocenters. The lowest BCUT2D eigenvalue weighted by Gasteiger charge is -2.27. The Bertz CT molecular complexity index is 639. The predicted molar refractivity (Wildman–Crippen MR) is 95.4 cm³/mol. The Balaban J connectivity index is 2.71. The van der Waals surface area contributed by atoms with E-state index < -0.39 is 59.9 Å². The minimum Gasteiger partial charge on any atom is -0.480 e. The fourth-order valence-corrected chi connectivity index (χ4v) is 2.86. The average Bonchev–Trinajstić information content (AvgIpc) is 3.06. The van der Waals surface area contributed by atoms with Gasteiger partial charge in [0.15, 0.2) is 6.04 Å². The summed E-state index contributed by atoms with van der Waals surface area (Å²) >= 11 is 0. The van der Waals surface area contributed by atoms with Crippen molar-refractivity contribution in [3.63, 3.8) is 0 Å².